The molecule has 2 heterocycles. The van der Waals surface area contributed by atoms with Crippen LogP contribution in [0.15, 0.2) is 10.6 Å². The summed E-state index contributed by atoms with van der Waals surface area (Å²) < 4.78 is 5.23. The smallest absolute Gasteiger partial charge is 0.226 e. The molecule has 0 saturated carbocycles. The van der Waals surface area contributed by atoms with Gasteiger partial charge in [-0.2, -0.15) is 0 Å². The minimum atomic E-state index is 0.0449. The first-order chi connectivity index (χ1) is 9.60. The van der Waals surface area contributed by atoms with Crippen LogP contribution in [0.1, 0.15) is 18.4 Å². The fourth-order valence-corrected chi connectivity index (χ4v) is 2.54. The summed E-state index contributed by atoms with van der Waals surface area (Å²) in [4.78, 5) is 16.5. The molecule has 6 nitrogen and oxygen atoms in total. The average molecular weight is 280 g/mol. The van der Waals surface area contributed by atoms with E-state index in [-0.39, 0.29) is 11.8 Å². The lowest BCUT2D eigenvalue weighted by molar-refractivity contribution is -0.136. The molecule has 1 saturated heterocycles. The fraction of sp³-hybridized carbons (Fsp3) is 0.714. The zero-order valence-corrected chi connectivity index (χ0v) is 12.6. The van der Waals surface area contributed by atoms with Crippen LogP contribution >= 0.6 is 0 Å². The normalized spacial score (nSPS) is 18.2. The third-order valence-electron chi connectivity index (χ3n) is 3.67. The van der Waals surface area contributed by atoms with Crippen molar-refractivity contribution in [2.75, 3.05) is 39.8 Å². The maximum absolute atomic E-state index is 12.2. The summed E-state index contributed by atoms with van der Waals surface area (Å²) in [6, 6.07) is 1.96. The molecule has 1 N–H and O–H groups in total. The Morgan fingerprint density at radius 1 is 1.45 bits per heavy atom. The van der Waals surface area contributed by atoms with Crippen molar-refractivity contribution in [3.8, 4) is 0 Å². The van der Waals surface area contributed by atoms with E-state index in [0.29, 0.717) is 0 Å². The number of nitrogens with zero attached hydrogens (tertiary/aromatic N) is 3. The van der Waals surface area contributed by atoms with Crippen LogP contribution in [0.3, 0.4) is 0 Å². The van der Waals surface area contributed by atoms with Crippen LogP contribution in [0.25, 0.3) is 0 Å². The highest BCUT2D eigenvalue weighted by atomic mass is 16.5. The predicted octanol–water partition coefficient (Wildman–Crippen LogP) is 0.483. The minimum Gasteiger partial charge on any atom is -0.360 e. The maximum Gasteiger partial charge on any atom is 0.226 e. The molecule has 1 aromatic heterocycles. The van der Waals surface area contributed by atoms with Crippen LogP contribution in [0, 0.1) is 12.8 Å². The lowest BCUT2D eigenvalue weighted by atomic mass is 10.1. The van der Waals surface area contributed by atoms with Gasteiger partial charge in [-0.15, -0.1) is 0 Å². The van der Waals surface area contributed by atoms with Gasteiger partial charge in [0.1, 0.15) is 0 Å². The topological polar surface area (TPSA) is 61.6 Å². The van der Waals surface area contributed by atoms with Gasteiger partial charge in [-0.3, -0.25) is 9.69 Å². The lowest BCUT2D eigenvalue weighted by Crippen LogP contribution is -2.50. The molecule has 1 aliphatic rings. The van der Waals surface area contributed by atoms with Gasteiger partial charge in [0.15, 0.2) is 5.76 Å². The molecule has 1 aromatic rings. The number of carbonyl (C=O) groups is 1. The van der Waals surface area contributed by atoms with Gasteiger partial charge >= 0.3 is 0 Å². The third kappa shape index (κ3) is 3.80. The first-order valence-electron chi connectivity index (χ1n) is 7.18. The zero-order chi connectivity index (χ0) is 14.5. The molecule has 1 atom stereocenters. The second-order valence-corrected chi connectivity index (χ2v) is 5.49. The van der Waals surface area contributed by atoms with Crippen molar-refractivity contribution in [1.29, 1.82) is 0 Å². The number of aromatic nitrogens is 1. The zero-order valence-electron chi connectivity index (χ0n) is 12.6. The second-order valence-electron chi connectivity index (χ2n) is 5.49. The van der Waals surface area contributed by atoms with Crippen molar-refractivity contribution in [2.45, 2.75) is 20.4 Å². The largest absolute Gasteiger partial charge is 0.360 e. The van der Waals surface area contributed by atoms with Gasteiger partial charge in [0, 0.05) is 44.7 Å². The molecular formula is C14H24N4O2. The van der Waals surface area contributed by atoms with E-state index < -0.39 is 0 Å². The van der Waals surface area contributed by atoms with E-state index in [0.717, 1.165) is 50.7 Å². The molecule has 1 unspecified atom stereocenters. The van der Waals surface area contributed by atoms with E-state index in [1.807, 2.05) is 31.9 Å². The Kier molecular flexibility index (Phi) is 5.14. The van der Waals surface area contributed by atoms with E-state index in [1.54, 1.807) is 0 Å². The highest BCUT2D eigenvalue weighted by Crippen LogP contribution is 2.11. The highest BCUT2D eigenvalue weighted by Gasteiger charge is 2.24. The van der Waals surface area contributed by atoms with E-state index in [1.165, 1.54) is 0 Å². The van der Waals surface area contributed by atoms with Crippen molar-refractivity contribution < 1.29 is 9.32 Å². The van der Waals surface area contributed by atoms with Gasteiger partial charge in [0.25, 0.3) is 0 Å². The van der Waals surface area contributed by atoms with E-state index in [4.69, 9.17) is 4.52 Å². The molecule has 0 aliphatic carbocycles. The quantitative estimate of drug-likeness (QED) is 0.850. The van der Waals surface area contributed by atoms with Crippen molar-refractivity contribution in [1.82, 2.24) is 20.3 Å². The molecule has 0 radical (unpaired) electrons. The Morgan fingerprint density at radius 3 is 2.70 bits per heavy atom. The molecule has 0 aromatic carbocycles. The Balaban J connectivity index is 1.78. The minimum absolute atomic E-state index is 0.0449. The van der Waals surface area contributed by atoms with Gasteiger partial charge in [0.2, 0.25) is 5.91 Å². The molecule has 0 bridgehead atoms. The molecule has 2 rings (SSSR count). The fourth-order valence-electron chi connectivity index (χ4n) is 2.54. The van der Waals surface area contributed by atoms with Crippen LogP contribution in [0.2, 0.25) is 0 Å². The molecule has 20 heavy (non-hydrogen) atoms. The Morgan fingerprint density at radius 2 is 2.15 bits per heavy atom. The molecule has 6 heteroatoms. The maximum atomic E-state index is 12.2. The summed E-state index contributed by atoms with van der Waals surface area (Å²) in [5.41, 5.74) is 0.912. The first-order valence-corrected chi connectivity index (χ1v) is 7.18. The second kappa shape index (κ2) is 6.85. The molecular weight excluding hydrogens is 256 g/mol. The summed E-state index contributed by atoms with van der Waals surface area (Å²) in [5, 5.41) is 6.95. The molecule has 1 amide bonds. The van der Waals surface area contributed by atoms with E-state index in [9.17, 15) is 4.79 Å². The van der Waals surface area contributed by atoms with Gasteiger partial charge in [-0.1, -0.05) is 12.1 Å². The van der Waals surface area contributed by atoms with Gasteiger partial charge < -0.3 is 14.7 Å². The number of rotatable bonds is 5. The van der Waals surface area contributed by atoms with Gasteiger partial charge in [-0.05, 0) is 14.0 Å². The Bertz CT molecular complexity index is 438. The highest BCUT2D eigenvalue weighted by molar-refractivity contribution is 5.78. The number of amides is 1. The van der Waals surface area contributed by atoms with Crippen LogP contribution < -0.4 is 5.32 Å². The van der Waals surface area contributed by atoms with E-state index >= 15 is 0 Å². The van der Waals surface area contributed by atoms with Crippen LogP contribution in [0.4, 0.5) is 0 Å². The first kappa shape index (κ1) is 15.0. The van der Waals surface area contributed by atoms with E-state index in [2.05, 4.69) is 15.4 Å². The number of carbonyl (C=O) groups excluding carboxylic acids is 1. The number of hydrogen-bond donors (Lipinski definition) is 1. The summed E-state index contributed by atoms with van der Waals surface area (Å²) in [6.45, 7) is 8.76. The molecule has 0 spiro atoms. The monoisotopic (exact) mass is 280 g/mol. The molecule has 112 valence electrons. The molecule has 1 aliphatic heterocycles. The number of hydrogen-bond acceptors (Lipinski definition) is 5. The average Bonchev–Trinajstić information content (AvgIpc) is 2.84. The Hall–Kier alpha value is -1.40. The predicted molar refractivity (Wildman–Crippen MR) is 76.2 cm³/mol. The number of nitrogens with one attached hydrogen (secondary N) is 1. The summed E-state index contributed by atoms with van der Waals surface area (Å²) in [6.07, 6.45) is 0. The van der Waals surface area contributed by atoms with Crippen LogP contribution in [-0.4, -0.2) is 60.6 Å². The number of aryl methyl sites for hydroxylation is 1. The van der Waals surface area contributed by atoms with Crippen LogP contribution in [0.5, 0.6) is 0 Å². The van der Waals surface area contributed by atoms with Gasteiger partial charge in [-0.25, -0.2) is 0 Å². The van der Waals surface area contributed by atoms with Crippen molar-refractivity contribution in [2.24, 2.45) is 5.92 Å². The van der Waals surface area contributed by atoms with Crippen molar-refractivity contribution >= 4 is 5.91 Å². The third-order valence-corrected chi connectivity index (χ3v) is 3.67. The summed E-state index contributed by atoms with van der Waals surface area (Å²) in [5.74, 6) is 1.18. The number of piperazine rings is 1. The SMILES string of the molecule is CNCC(C)C(=O)N1CCN(Cc2cc(C)no2)CC1. The summed E-state index contributed by atoms with van der Waals surface area (Å²) in [7, 11) is 1.88. The van der Waals surface area contributed by atoms with Crippen molar-refractivity contribution in [3.63, 3.8) is 0 Å². The van der Waals surface area contributed by atoms with Gasteiger partial charge in [0.05, 0.1) is 12.2 Å². The van der Waals surface area contributed by atoms with Crippen molar-refractivity contribution in [3.05, 3.63) is 17.5 Å². The lowest BCUT2D eigenvalue weighted by Gasteiger charge is -2.35. The summed E-state index contributed by atoms with van der Waals surface area (Å²) >= 11 is 0. The molecule has 1 fully saturated rings. The standard InChI is InChI=1S/C14H24N4O2/c1-11(9-15-3)14(19)18-6-4-17(5-7-18)10-13-8-12(2)16-20-13/h8,11,15H,4-7,9-10H2,1-3H3. The Labute approximate surface area is 120 Å². The van der Waals surface area contributed by atoms with Crippen LogP contribution in [-0.2, 0) is 11.3 Å².